The van der Waals surface area contributed by atoms with E-state index in [2.05, 4.69) is 24.5 Å². The number of nitrogens with one attached hydrogen (secondary N) is 2. The van der Waals surface area contributed by atoms with Gasteiger partial charge in [0.25, 0.3) is 5.69 Å². The number of anilines is 1. The van der Waals surface area contributed by atoms with Gasteiger partial charge in [0.05, 0.1) is 23.2 Å². The fourth-order valence-electron chi connectivity index (χ4n) is 3.49. The van der Waals surface area contributed by atoms with Crippen LogP contribution in [0.4, 0.5) is 11.4 Å². The first-order valence-electron chi connectivity index (χ1n) is 10.9. The number of ether oxygens (including phenoxy) is 1. The molecular weight excluding hydrogens is 404 g/mol. The zero-order valence-electron chi connectivity index (χ0n) is 18.8. The van der Waals surface area contributed by atoms with Gasteiger partial charge in [-0.1, -0.05) is 13.0 Å². The van der Waals surface area contributed by atoms with Gasteiger partial charge in [-0.25, -0.2) is 4.98 Å². The highest BCUT2D eigenvalue weighted by molar-refractivity contribution is 5.94. The minimum atomic E-state index is -0.399. The second-order valence-electron chi connectivity index (χ2n) is 7.70. The molecule has 1 heterocycles. The van der Waals surface area contributed by atoms with E-state index in [9.17, 15) is 10.1 Å². The largest absolute Gasteiger partial charge is 0.497 e. The summed E-state index contributed by atoms with van der Waals surface area (Å²) in [5, 5.41) is 18.9. The summed E-state index contributed by atoms with van der Waals surface area (Å²) >= 11 is 0. The van der Waals surface area contributed by atoms with E-state index in [1.807, 2.05) is 36.4 Å². The summed E-state index contributed by atoms with van der Waals surface area (Å²) in [4.78, 5) is 15.2. The average molecular weight is 435 g/mol. The monoisotopic (exact) mass is 434 g/mol. The molecule has 0 saturated carbocycles. The van der Waals surface area contributed by atoms with Gasteiger partial charge < -0.3 is 15.4 Å². The molecule has 0 bridgehead atoms. The van der Waals surface area contributed by atoms with E-state index in [0.29, 0.717) is 6.04 Å². The topological polar surface area (TPSA) is 89.3 Å². The van der Waals surface area contributed by atoms with Crippen molar-refractivity contribution in [3.63, 3.8) is 0 Å². The molecule has 7 nitrogen and oxygen atoms in total. The number of pyridine rings is 1. The average Bonchev–Trinajstić information content (AvgIpc) is 2.80. The molecule has 0 radical (unpaired) electrons. The molecule has 1 aromatic heterocycles. The Morgan fingerprint density at radius 3 is 2.62 bits per heavy atom. The summed E-state index contributed by atoms with van der Waals surface area (Å²) in [6.45, 7) is 6.30. The maximum absolute atomic E-state index is 10.8. The molecule has 1 atom stereocenters. The van der Waals surface area contributed by atoms with Crippen LogP contribution >= 0.6 is 0 Å². The van der Waals surface area contributed by atoms with Gasteiger partial charge in [0, 0.05) is 29.2 Å². The van der Waals surface area contributed by atoms with Crippen molar-refractivity contribution in [2.24, 2.45) is 0 Å². The van der Waals surface area contributed by atoms with Crippen LogP contribution in [0.1, 0.15) is 37.9 Å². The lowest BCUT2D eigenvalue weighted by Crippen LogP contribution is -2.20. The highest BCUT2D eigenvalue weighted by Crippen LogP contribution is 2.29. The highest BCUT2D eigenvalue weighted by atomic mass is 16.6. The summed E-state index contributed by atoms with van der Waals surface area (Å²) in [7, 11) is 1.66. The predicted octanol–water partition coefficient (Wildman–Crippen LogP) is 5.51. The van der Waals surface area contributed by atoms with E-state index in [4.69, 9.17) is 9.72 Å². The van der Waals surface area contributed by atoms with E-state index >= 15 is 0 Å². The summed E-state index contributed by atoms with van der Waals surface area (Å²) in [6.07, 6.45) is 5.98. The zero-order valence-corrected chi connectivity index (χ0v) is 18.8. The number of methoxy groups -OCH3 is 1. The fraction of sp³-hybridized carbons (Fsp3) is 0.320. The van der Waals surface area contributed by atoms with Crippen molar-refractivity contribution in [3.8, 4) is 5.75 Å². The minimum absolute atomic E-state index is 0.0783. The maximum Gasteiger partial charge on any atom is 0.269 e. The first kappa shape index (κ1) is 23.2. The summed E-state index contributed by atoms with van der Waals surface area (Å²) in [5.41, 5.74) is 3.64. The minimum Gasteiger partial charge on any atom is -0.497 e. The lowest BCUT2D eigenvalue weighted by molar-refractivity contribution is -0.384. The Morgan fingerprint density at radius 2 is 1.94 bits per heavy atom. The molecule has 0 fully saturated rings. The smallest absolute Gasteiger partial charge is 0.269 e. The Hall–Kier alpha value is -3.45. The number of hydrogen-bond acceptors (Lipinski definition) is 6. The first-order chi connectivity index (χ1) is 15.5. The van der Waals surface area contributed by atoms with Crippen LogP contribution in [-0.2, 0) is 0 Å². The van der Waals surface area contributed by atoms with Gasteiger partial charge >= 0.3 is 0 Å². The molecule has 2 aromatic carbocycles. The van der Waals surface area contributed by atoms with Crippen LogP contribution in [-0.4, -0.2) is 36.1 Å². The van der Waals surface area contributed by atoms with E-state index in [1.165, 1.54) is 12.1 Å². The number of aromatic nitrogens is 1. The third-order valence-corrected chi connectivity index (χ3v) is 5.23. The quantitative estimate of drug-likeness (QED) is 0.235. The Balaban J connectivity index is 1.85. The number of benzene rings is 2. The van der Waals surface area contributed by atoms with Crippen molar-refractivity contribution < 1.29 is 9.66 Å². The SMILES string of the molecule is CCNCCCC(C)Nc1cc(/C=C/c2ccc([N+](=O)[O-])cc2)nc2ccc(OC)cc12. The van der Waals surface area contributed by atoms with Crippen molar-refractivity contribution in [2.75, 3.05) is 25.5 Å². The number of rotatable bonds is 11. The van der Waals surface area contributed by atoms with E-state index in [-0.39, 0.29) is 5.69 Å². The second-order valence-corrected chi connectivity index (χ2v) is 7.70. The van der Waals surface area contributed by atoms with Crippen LogP contribution in [0.5, 0.6) is 5.75 Å². The lowest BCUT2D eigenvalue weighted by atomic mass is 10.1. The number of fused-ring (bicyclic) bond motifs is 1. The molecule has 32 heavy (non-hydrogen) atoms. The van der Waals surface area contributed by atoms with Gasteiger partial charge in [0.15, 0.2) is 0 Å². The molecule has 2 N–H and O–H groups in total. The Morgan fingerprint density at radius 1 is 1.16 bits per heavy atom. The molecule has 0 saturated heterocycles. The molecule has 0 spiro atoms. The van der Waals surface area contributed by atoms with Gasteiger partial charge in [0.1, 0.15) is 5.75 Å². The number of hydrogen-bond donors (Lipinski definition) is 2. The Bertz CT molecular complexity index is 1080. The number of nitro groups is 1. The Labute approximate surface area is 188 Å². The van der Waals surface area contributed by atoms with Crippen molar-refractivity contribution in [2.45, 2.75) is 32.7 Å². The van der Waals surface area contributed by atoms with Gasteiger partial charge in [-0.15, -0.1) is 0 Å². The van der Waals surface area contributed by atoms with Crippen LogP contribution in [0.3, 0.4) is 0 Å². The van der Waals surface area contributed by atoms with Gasteiger partial charge in [-0.2, -0.15) is 0 Å². The van der Waals surface area contributed by atoms with E-state index in [0.717, 1.165) is 59.5 Å². The van der Waals surface area contributed by atoms with E-state index < -0.39 is 4.92 Å². The number of non-ortho nitro benzene ring substituents is 1. The van der Waals surface area contributed by atoms with Gasteiger partial charge in [-0.05, 0) is 80.9 Å². The number of nitrogens with zero attached hydrogens (tertiary/aromatic N) is 2. The van der Waals surface area contributed by atoms with Crippen molar-refractivity contribution in [1.29, 1.82) is 0 Å². The van der Waals surface area contributed by atoms with Crippen LogP contribution in [0, 0.1) is 10.1 Å². The van der Waals surface area contributed by atoms with Gasteiger partial charge in [-0.3, -0.25) is 10.1 Å². The summed E-state index contributed by atoms with van der Waals surface area (Å²) in [6, 6.07) is 14.7. The normalized spacial score (nSPS) is 12.2. The standard InChI is InChI=1S/C25H30N4O3/c1-4-26-15-5-6-18(2)27-25-16-20(28-24-14-13-22(32-3)17-23(24)25)10-7-19-8-11-21(12-9-19)29(30)31/h7-14,16-18,26H,4-6,15H2,1-3H3,(H,27,28)/b10-7+. The molecule has 3 rings (SSSR count). The predicted molar refractivity (Wildman–Crippen MR) is 131 cm³/mol. The summed E-state index contributed by atoms with van der Waals surface area (Å²) in [5.74, 6) is 0.788. The molecule has 7 heteroatoms. The first-order valence-corrected chi connectivity index (χ1v) is 10.9. The molecule has 168 valence electrons. The maximum atomic E-state index is 10.8. The van der Waals surface area contributed by atoms with Crippen LogP contribution < -0.4 is 15.4 Å². The molecule has 1 unspecified atom stereocenters. The van der Waals surface area contributed by atoms with Crippen molar-refractivity contribution in [3.05, 3.63) is 69.9 Å². The molecule has 0 amide bonds. The fourth-order valence-corrected chi connectivity index (χ4v) is 3.49. The molecule has 0 aliphatic carbocycles. The molecule has 3 aromatic rings. The van der Waals surface area contributed by atoms with Crippen LogP contribution in [0.15, 0.2) is 48.5 Å². The van der Waals surface area contributed by atoms with Crippen molar-refractivity contribution in [1.82, 2.24) is 10.3 Å². The molecule has 0 aliphatic rings. The lowest BCUT2D eigenvalue weighted by Gasteiger charge is -2.18. The second kappa shape index (κ2) is 11.2. The highest BCUT2D eigenvalue weighted by Gasteiger charge is 2.10. The third-order valence-electron chi connectivity index (χ3n) is 5.23. The Kier molecular flexibility index (Phi) is 8.16. The van der Waals surface area contributed by atoms with Crippen molar-refractivity contribution >= 4 is 34.4 Å². The zero-order chi connectivity index (χ0) is 22.9. The molecule has 0 aliphatic heterocycles. The number of nitro benzene ring substituents is 1. The van der Waals surface area contributed by atoms with Crippen LogP contribution in [0.2, 0.25) is 0 Å². The summed E-state index contributed by atoms with van der Waals surface area (Å²) < 4.78 is 5.41. The van der Waals surface area contributed by atoms with Gasteiger partial charge in [0.2, 0.25) is 0 Å². The van der Waals surface area contributed by atoms with E-state index in [1.54, 1.807) is 19.2 Å². The third kappa shape index (κ3) is 6.28. The van der Waals surface area contributed by atoms with Crippen LogP contribution in [0.25, 0.3) is 23.1 Å². The molecular formula is C25H30N4O3.